The van der Waals surface area contributed by atoms with E-state index in [-0.39, 0.29) is 11.3 Å². The summed E-state index contributed by atoms with van der Waals surface area (Å²) in [5.74, 6) is 0.198. The smallest absolute Gasteiger partial charge is 0.227 e. The summed E-state index contributed by atoms with van der Waals surface area (Å²) in [5.41, 5.74) is 2.25. The molecule has 18 heavy (non-hydrogen) atoms. The highest BCUT2D eigenvalue weighted by Crippen LogP contribution is 2.40. The first-order chi connectivity index (χ1) is 8.66. The minimum absolute atomic E-state index is 0.153. The highest BCUT2D eigenvalue weighted by molar-refractivity contribution is 5.83. The molecular weight excluding hydrogens is 224 g/mol. The van der Waals surface area contributed by atoms with E-state index in [2.05, 4.69) is 41.8 Å². The van der Waals surface area contributed by atoms with Crippen molar-refractivity contribution in [2.75, 3.05) is 13.6 Å². The predicted molar refractivity (Wildman–Crippen MR) is 73.2 cm³/mol. The average Bonchev–Trinajstić information content (AvgIpc) is 2.32. The molecule has 0 saturated heterocycles. The molecule has 0 heterocycles. The van der Waals surface area contributed by atoms with Gasteiger partial charge in [-0.1, -0.05) is 36.2 Å². The van der Waals surface area contributed by atoms with Crippen molar-refractivity contribution in [3.05, 3.63) is 35.4 Å². The molecule has 0 aliphatic heterocycles. The number of carbonyl (C=O) groups excluding carboxylic acids is 1. The van der Waals surface area contributed by atoms with Gasteiger partial charge in [-0.25, -0.2) is 0 Å². The van der Waals surface area contributed by atoms with Crippen molar-refractivity contribution in [2.45, 2.75) is 32.7 Å². The zero-order valence-corrected chi connectivity index (χ0v) is 11.3. The van der Waals surface area contributed by atoms with Gasteiger partial charge in [-0.15, -0.1) is 0 Å². The third kappa shape index (κ3) is 2.72. The molecule has 0 atom stereocenters. The van der Waals surface area contributed by atoms with Crippen LogP contribution in [0, 0.1) is 12.3 Å². The molecule has 0 spiro atoms. The van der Waals surface area contributed by atoms with E-state index in [9.17, 15) is 4.79 Å². The second-order valence-corrected chi connectivity index (χ2v) is 5.33. The van der Waals surface area contributed by atoms with Crippen molar-refractivity contribution in [3.8, 4) is 0 Å². The number of aryl methyl sites for hydroxylation is 1. The Bertz CT molecular complexity index is 407. The van der Waals surface area contributed by atoms with Crippen LogP contribution in [0.5, 0.6) is 0 Å². The fourth-order valence-electron chi connectivity index (χ4n) is 2.50. The standard InChI is InChI=1S/C15H22N2O/c1-12-4-6-13(7-5-12)10-17-14(18)15(11-16-2)8-3-9-15/h4-7,16H,3,8-11H2,1-2H3,(H,17,18). The van der Waals surface area contributed by atoms with E-state index >= 15 is 0 Å². The van der Waals surface area contributed by atoms with E-state index in [1.54, 1.807) is 0 Å². The normalized spacial score (nSPS) is 17.0. The third-order valence-electron chi connectivity index (χ3n) is 3.88. The van der Waals surface area contributed by atoms with Crippen molar-refractivity contribution in [1.29, 1.82) is 0 Å². The molecule has 0 unspecified atom stereocenters. The molecule has 2 N–H and O–H groups in total. The monoisotopic (exact) mass is 246 g/mol. The summed E-state index contributed by atoms with van der Waals surface area (Å²) in [4.78, 5) is 12.2. The summed E-state index contributed by atoms with van der Waals surface area (Å²) in [7, 11) is 1.91. The van der Waals surface area contributed by atoms with Crippen LogP contribution in [0.25, 0.3) is 0 Å². The Labute approximate surface area is 109 Å². The number of benzene rings is 1. The van der Waals surface area contributed by atoms with Crippen molar-refractivity contribution in [3.63, 3.8) is 0 Å². The third-order valence-corrected chi connectivity index (χ3v) is 3.88. The van der Waals surface area contributed by atoms with Gasteiger partial charge < -0.3 is 10.6 Å². The Morgan fingerprint density at radius 1 is 1.28 bits per heavy atom. The van der Waals surface area contributed by atoms with E-state index in [1.807, 2.05) is 7.05 Å². The van der Waals surface area contributed by atoms with Crippen molar-refractivity contribution < 1.29 is 4.79 Å². The van der Waals surface area contributed by atoms with Gasteiger partial charge in [0, 0.05) is 13.1 Å². The van der Waals surface area contributed by atoms with Crippen LogP contribution < -0.4 is 10.6 Å². The number of nitrogens with one attached hydrogen (secondary N) is 2. The Balaban J connectivity index is 1.89. The van der Waals surface area contributed by atoms with Crippen LogP contribution in [-0.4, -0.2) is 19.5 Å². The van der Waals surface area contributed by atoms with Gasteiger partial charge >= 0.3 is 0 Å². The molecule has 2 rings (SSSR count). The van der Waals surface area contributed by atoms with Crippen LogP contribution in [0.3, 0.4) is 0 Å². The van der Waals surface area contributed by atoms with Gasteiger partial charge in [0.15, 0.2) is 0 Å². The summed E-state index contributed by atoms with van der Waals surface area (Å²) in [6, 6.07) is 8.30. The number of rotatable bonds is 5. The van der Waals surface area contributed by atoms with E-state index in [0.717, 1.165) is 24.9 Å². The van der Waals surface area contributed by atoms with E-state index < -0.39 is 0 Å². The zero-order valence-electron chi connectivity index (χ0n) is 11.3. The van der Waals surface area contributed by atoms with Crippen LogP contribution in [0.4, 0.5) is 0 Å². The topological polar surface area (TPSA) is 41.1 Å². The lowest BCUT2D eigenvalue weighted by molar-refractivity contribution is -0.135. The van der Waals surface area contributed by atoms with Gasteiger partial charge in [-0.3, -0.25) is 4.79 Å². The molecule has 1 aliphatic carbocycles. The molecule has 3 heteroatoms. The van der Waals surface area contributed by atoms with E-state index in [0.29, 0.717) is 6.54 Å². The molecule has 1 aromatic rings. The first-order valence-corrected chi connectivity index (χ1v) is 6.65. The molecule has 1 amide bonds. The summed E-state index contributed by atoms with van der Waals surface area (Å²) in [5, 5.41) is 6.20. The van der Waals surface area contributed by atoms with Crippen molar-refractivity contribution in [1.82, 2.24) is 10.6 Å². The minimum Gasteiger partial charge on any atom is -0.352 e. The maximum atomic E-state index is 12.2. The number of amides is 1. The van der Waals surface area contributed by atoms with Crippen LogP contribution in [0.15, 0.2) is 24.3 Å². The van der Waals surface area contributed by atoms with Crippen molar-refractivity contribution >= 4 is 5.91 Å². The zero-order chi connectivity index (χ0) is 13.0. The van der Waals surface area contributed by atoms with Crippen LogP contribution in [0.1, 0.15) is 30.4 Å². The highest BCUT2D eigenvalue weighted by atomic mass is 16.2. The second-order valence-electron chi connectivity index (χ2n) is 5.33. The molecule has 1 aliphatic rings. The molecule has 1 aromatic carbocycles. The fourth-order valence-corrected chi connectivity index (χ4v) is 2.50. The molecular formula is C15H22N2O. The molecule has 0 bridgehead atoms. The van der Waals surface area contributed by atoms with E-state index in [4.69, 9.17) is 0 Å². The van der Waals surface area contributed by atoms with Gasteiger partial charge in [-0.2, -0.15) is 0 Å². The van der Waals surface area contributed by atoms with E-state index in [1.165, 1.54) is 12.0 Å². The summed E-state index contributed by atoms with van der Waals surface area (Å²) < 4.78 is 0. The van der Waals surface area contributed by atoms with Crippen LogP contribution in [0.2, 0.25) is 0 Å². The minimum atomic E-state index is -0.153. The van der Waals surface area contributed by atoms with Crippen LogP contribution in [-0.2, 0) is 11.3 Å². The highest BCUT2D eigenvalue weighted by Gasteiger charge is 2.43. The Hall–Kier alpha value is -1.35. The molecule has 1 fully saturated rings. The summed E-state index contributed by atoms with van der Waals surface area (Å²) in [6.07, 6.45) is 3.18. The molecule has 0 radical (unpaired) electrons. The Morgan fingerprint density at radius 2 is 1.94 bits per heavy atom. The maximum Gasteiger partial charge on any atom is 0.227 e. The van der Waals surface area contributed by atoms with Gasteiger partial charge in [0.05, 0.1) is 5.41 Å². The number of hydrogen-bond donors (Lipinski definition) is 2. The fraction of sp³-hybridized carbons (Fsp3) is 0.533. The van der Waals surface area contributed by atoms with Crippen LogP contribution >= 0.6 is 0 Å². The molecule has 98 valence electrons. The molecule has 3 nitrogen and oxygen atoms in total. The largest absolute Gasteiger partial charge is 0.352 e. The predicted octanol–water partition coefficient (Wildman–Crippen LogP) is 2.00. The molecule has 1 saturated carbocycles. The van der Waals surface area contributed by atoms with Gasteiger partial charge in [0.25, 0.3) is 0 Å². The summed E-state index contributed by atoms with van der Waals surface area (Å²) in [6.45, 7) is 3.48. The second kappa shape index (κ2) is 5.53. The first-order valence-electron chi connectivity index (χ1n) is 6.65. The van der Waals surface area contributed by atoms with Crippen molar-refractivity contribution in [2.24, 2.45) is 5.41 Å². The number of hydrogen-bond acceptors (Lipinski definition) is 2. The van der Waals surface area contributed by atoms with Gasteiger partial charge in [-0.05, 0) is 32.4 Å². The lowest BCUT2D eigenvalue weighted by Crippen LogP contribution is -2.50. The lowest BCUT2D eigenvalue weighted by Gasteiger charge is -2.40. The summed E-state index contributed by atoms with van der Waals surface area (Å²) >= 11 is 0. The maximum absolute atomic E-state index is 12.2. The van der Waals surface area contributed by atoms with Gasteiger partial charge in [0.1, 0.15) is 0 Å². The Morgan fingerprint density at radius 3 is 2.44 bits per heavy atom. The van der Waals surface area contributed by atoms with Gasteiger partial charge in [0.2, 0.25) is 5.91 Å². The molecule has 0 aromatic heterocycles. The number of carbonyl (C=O) groups is 1. The average molecular weight is 246 g/mol. The quantitative estimate of drug-likeness (QED) is 0.834. The lowest BCUT2D eigenvalue weighted by atomic mass is 9.68. The SMILES string of the molecule is CNCC1(C(=O)NCc2ccc(C)cc2)CCC1. The first kappa shape index (κ1) is 13.1. The Kier molecular flexibility index (Phi) is 4.02.